The summed E-state index contributed by atoms with van der Waals surface area (Å²) in [6.45, 7) is 9.92. The van der Waals surface area contributed by atoms with Crippen molar-refractivity contribution in [1.82, 2.24) is 15.0 Å². The number of fused-ring (bicyclic) bond motifs is 6. The largest absolute Gasteiger partial charge is 0.208 e. The third-order valence-corrected chi connectivity index (χ3v) is 18.8. The van der Waals surface area contributed by atoms with E-state index in [0.29, 0.717) is 17.5 Å². The number of nitrogens with zero attached hydrogens (tertiary/aromatic N) is 3. The van der Waals surface area contributed by atoms with Crippen LogP contribution in [-0.4, -0.2) is 31.1 Å². The van der Waals surface area contributed by atoms with Crippen molar-refractivity contribution < 1.29 is 0 Å². The van der Waals surface area contributed by atoms with Gasteiger partial charge in [-0.25, -0.2) is 15.0 Å². The highest BCUT2D eigenvalue weighted by atomic mass is 28.3. The van der Waals surface area contributed by atoms with E-state index in [9.17, 15) is 0 Å². The first-order valence-corrected chi connectivity index (χ1v) is 24.8. The highest BCUT2D eigenvalue weighted by Gasteiger charge is 2.41. The molecule has 0 saturated carbocycles. The van der Waals surface area contributed by atoms with E-state index in [2.05, 4.69) is 184 Å². The van der Waals surface area contributed by atoms with Crippen LogP contribution >= 0.6 is 0 Å². The Morgan fingerprint density at radius 1 is 0.315 bits per heavy atom. The maximum Gasteiger partial charge on any atom is 0.164 e. The lowest BCUT2D eigenvalue weighted by molar-refractivity contribution is 1.08. The van der Waals surface area contributed by atoms with Gasteiger partial charge < -0.3 is 0 Å². The highest BCUT2D eigenvalue weighted by Crippen LogP contribution is 2.41. The maximum atomic E-state index is 5.53. The minimum absolute atomic E-state index is 0.675. The molecular formula is C49H39N3Si2. The zero-order chi connectivity index (χ0) is 36.6. The summed E-state index contributed by atoms with van der Waals surface area (Å²) in [5, 5.41) is 5.84. The second-order valence-electron chi connectivity index (χ2n) is 15.6. The average molecular weight is 726 g/mol. The summed E-state index contributed by atoms with van der Waals surface area (Å²) in [5.74, 6) is 2.07. The van der Waals surface area contributed by atoms with Crippen LogP contribution in [0.2, 0.25) is 26.2 Å². The lowest BCUT2D eigenvalue weighted by Gasteiger charge is -2.24. The van der Waals surface area contributed by atoms with Gasteiger partial charge in [0, 0.05) is 16.7 Å². The predicted octanol–water partition coefficient (Wildman–Crippen LogP) is 9.81. The van der Waals surface area contributed by atoms with Gasteiger partial charge in [-0.3, -0.25) is 0 Å². The molecule has 0 unspecified atom stereocenters. The average Bonchev–Trinajstić information content (AvgIpc) is 3.60. The molecule has 0 fully saturated rings. The van der Waals surface area contributed by atoms with Crippen LogP contribution < -0.4 is 20.7 Å². The number of aromatic nitrogens is 3. The summed E-state index contributed by atoms with van der Waals surface area (Å²) in [6, 6.07) is 59.3. The topological polar surface area (TPSA) is 38.7 Å². The predicted molar refractivity (Wildman–Crippen MR) is 231 cm³/mol. The molecule has 0 atom stereocenters. The Morgan fingerprint density at radius 3 is 1.44 bits per heavy atom. The number of hydrogen-bond acceptors (Lipinski definition) is 3. The molecule has 8 aromatic rings. The fourth-order valence-electron chi connectivity index (χ4n) is 9.09. The monoisotopic (exact) mass is 725 g/mol. The molecule has 54 heavy (non-hydrogen) atoms. The Hall–Kier alpha value is -6.02. The summed E-state index contributed by atoms with van der Waals surface area (Å²) in [4.78, 5) is 16.2. The molecule has 3 nitrogen and oxygen atoms in total. The summed E-state index contributed by atoms with van der Waals surface area (Å²) in [6.07, 6.45) is 0. The van der Waals surface area contributed by atoms with Crippen molar-refractivity contribution in [3.05, 3.63) is 164 Å². The van der Waals surface area contributed by atoms with E-state index < -0.39 is 16.1 Å². The standard InChI is InChI=1S/C49H39N3Si2/c1-53(2)42-26-16-15-25-36(42)40-30-39(32-18-8-5-9-19-32)41(31-44(40)53)49-51-47(34-22-12-7-13-23-34)50-48(52-49)38-29-28-37-35-24-14-17-27-43(35)54(3,4)46(37)45(38)33-20-10-6-11-21-33/h5-31H,1-4H3. The van der Waals surface area contributed by atoms with Crippen molar-refractivity contribution in [2.24, 2.45) is 0 Å². The lowest BCUT2D eigenvalue weighted by atomic mass is 9.93. The van der Waals surface area contributed by atoms with E-state index in [1.807, 2.05) is 6.07 Å². The Labute approximate surface area is 319 Å². The van der Waals surface area contributed by atoms with Crippen molar-refractivity contribution >= 4 is 36.9 Å². The van der Waals surface area contributed by atoms with E-state index in [4.69, 9.17) is 15.0 Å². The summed E-state index contributed by atoms with van der Waals surface area (Å²) in [5.41, 5.74) is 13.1. The summed E-state index contributed by atoms with van der Waals surface area (Å²) in [7, 11) is -4.11. The van der Waals surface area contributed by atoms with Crippen molar-refractivity contribution in [2.75, 3.05) is 0 Å². The molecule has 0 spiro atoms. The lowest BCUT2D eigenvalue weighted by Crippen LogP contribution is -2.50. The van der Waals surface area contributed by atoms with Gasteiger partial charge in [-0.05, 0) is 77.4 Å². The molecule has 0 radical (unpaired) electrons. The van der Waals surface area contributed by atoms with Gasteiger partial charge in [-0.2, -0.15) is 0 Å². The van der Waals surface area contributed by atoms with Crippen LogP contribution in [0.3, 0.4) is 0 Å². The van der Waals surface area contributed by atoms with Crippen LogP contribution in [0, 0.1) is 0 Å². The minimum atomic E-state index is -2.11. The molecule has 0 N–H and O–H groups in total. The Bertz CT molecular complexity index is 2730. The normalized spacial score (nSPS) is 14.2. The molecule has 258 valence electrons. The molecule has 2 aliphatic heterocycles. The van der Waals surface area contributed by atoms with Crippen LogP contribution in [0.4, 0.5) is 0 Å². The second-order valence-corrected chi connectivity index (χ2v) is 24.2. The van der Waals surface area contributed by atoms with Gasteiger partial charge >= 0.3 is 0 Å². The van der Waals surface area contributed by atoms with Crippen LogP contribution in [-0.2, 0) is 0 Å². The maximum absolute atomic E-state index is 5.53. The first-order chi connectivity index (χ1) is 26.3. The molecule has 7 aromatic carbocycles. The van der Waals surface area contributed by atoms with Gasteiger partial charge in [0.1, 0.15) is 16.1 Å². The van der Waals surface area contributed by atoms with E-state index in [1.54, 1.807) is 0 Å². The molecular weight excluding hydrogens is 687 g/mol. The number of rotatable bonds is 5. The van der Waals surface area contributed by atoms with Gasteiger partial charge in [-0.15, -0.1) is 0 Å². The molecule has 0 amide bonds. The highest BCUT2D eigenvalue weighted by molar-refractivity contribution is 7.05. The van der Waals surface area contributed by atoms with Gasteiger partial charge in [0.25, 0.3) is 0 Å². The van der Waals surface area contributed by atoms with Gasteiger partial charge in [0.05, 0.1) is 0 Å². The van der Waals surface area contributed by atoms with Crippen LogP contribution in [0.15, 0.2) is 164 Å². The molecule has 1 aromatic heterocycles. The SMILES string of the molecule is C[Si]1(C)c2ccccc2-c2cc(-c3ccccc3)c(-c3nc(-c4ccccc4)nc(-c4ccc5c(c4-c4ccccc4)[Si](C)(C)c4ccccc4-5)n3)cc21. The van der Waals surface area contributed by atoms with Crippen molar-refractivity contribution in [3.8, 4) is 78.7 Å². The van der Waals surface area contributed by atoms with Crippen LogP contribution in [0.1, 0.15) is 0 Å². The molecule has 3 heterocycles. The molecule has 0 saturated heterocycles. The zero-order valence-corrected chi connectivity index (χ0v) is 32.9. The third kappa shape index (κ3) is 4.96. The molecule has 10 rings (SSSR count). The smallest absolute Gasteiger partial charge is 0.164 e. The first-order valence-electron chi connectivity index (χ1n) is 18.8. The fourth-order valence-corrected chi connectivity index (χ4v) is 15.6. The van der Waals surface area contributed by atoms with Crippen LogP contribution in [0.5, 0.6) is 0 Å². The molecule has 2 aliphatic rings. The second kappa shape index (κ2) is 12.3. The summed E-state index contributed by atoms with van der Waals surface area (Å²) < 4.78 is 0. The molecule has 0 aliphatic carbocycles. The van der Waals surface area contributed by atoms with E-state index in [0.717, 1.165) is 27.8 Å². The van der Waals surface area contributed by atoms with Crippen molar-refractivity contribution in [2.45, 2.75) is 26.2 Å². The van der Waals surface area contributed by atoms with Crippen molar-refractivity contribution in [1.29, 1.82) is 0 Å². The van der Waals surface area contributed by atoms with Gasteiger partial charge in [0.15, 0.2) is 17.5 Å². The van der Waals surface area contributed by atoms with Gasteiger partial charge in [0.2, 0.25) is 0 Å². The number of hydrogen-bond donors (Lipinski definition) is 0. The number of benzene rings is 7. The quantitative estimate of drug-likeness (QED) is 0.166. The Balaban J connectivity index is 1.28. The Kier molecular flexibility index (Phi) is 7.41. The summed E-state index contributed by atoms with van der Waals surface area (Å²) >= 11 is 0. The molecule has 5 heteroatoms. The molecule has 0 bridgehead atoms. The third-order valence-electron chi connectivity index (χ3n) is 11.7. The van der Waals surface area contributed by atoms with Crippen molar-refractivity contribution in [3.63, 3.8) is 0 Å². The van der Waals surface area contributed by atoms with Gasteiger partial charge in [-0.1, -0.05) is 178 Å². The van der Waals surface area contributed by atoms with E-state index >= 15 is 0 Å². The van der Waals surface area contributed by atoms with Crippen LogP contribution in [0.25, 0.3) is 78.7 Å². The Morgan fingerprint density at radius 2 is 0.796 bits per heavy atom. The first kappa shape index (κ1) is 32.6. The van der Waals surface area contributed by atoms with E-state index in [-0.39, 0.29) is 0 Å². The van der Waals surface area contributed by atoms with E-state index in [1.165, 1.54) is 54.1 Å². The fraction of sp³-hybridized carbons (Fsp3) is 0.0816. The zero-order valence-electron chi connectivity index (χ0n) is 30.9. The minimum Gasteiger partial charge on any atom is -0.208 e.